The number of allylic oxidation sites excluding steroid dienone is 4. The Balaban J connectivity index is 0.00000196. The Kier molecular flexibility index (Phi) is 9.59. The molecule has 4 nitrogen and oxygen atoms in total. The first kappa shape index (κ1) is 31.8. The topological polar surface area (TPSA) is 54.7 Å². The van der Waals surface area contributed by atoms with E-state index in [4.69, 9.17) is 14.7 Å². The lowest BCUT2D eigenvalue weighted by atomic mass is 9.72. The fraction of sp³-hybridized carbons (Fsp3) is 0.293. The summed E-state index contributed by atoms with van der Waals surface area (Å²) in [6.07, 6.45) is 8.79. The summed E-state index contributed by atoms with van der Waals surface area (Å²) >= 11 is 0. The molecule has 2 aliphatic rings. The number of aliphatic imine (C=N–C) groups is 1. The summed E-state index contributed by atoms with van der Waals surface area (Å²) in [4.78, 5) is 10.2. The van der Waals surface area contributed by atoms with E-state index >= 15 is 0 Å². The molecule has 4 aromatic rings. The Morgan fingerprint density at radius 2 is 1.73 bits per heavy atom. The van der Waals surface area contributed by atoms with E-state index in [2.05, 4.69) is 85.9 Å². The van der Waals surface area contributed by atoms with Gasteiger partial charge < -0.3 is 9.84 Å². The molecule has 2 unspecified atom stereocenters. The fourth-order valence-corrected chi connectivity index (χ4v) is 6.50. The van der Waals surface area contributed by atoms with E-state index in [1.807, 2.05) is 46.0 Å². The molecule has 6 rings (SSSR count). The van der Waals surface area contributed by atoms with Gasteiger partial charge in [0.25, 0.3) is 0 Å². The van der Waals surface area contributed by atoms with E-state index < -0.39 is 0 Å². The van der Waals surface area contributed by atoms with Crippen LogP contribution in [-0.4, -0.2) is 22.9 Å². The lowest BCUT2D eigenvalue weighted by molar-refractivity contribution is 0.414. The average molecular weight is 596 g/mol. The van der Waals surface area contributed by atoms with Crippen LogP contribution in [0.3, 0.4) is 0 Å². The Hall–Kier alpha value is -4.62. The molecule has 0 spiro atoms. The zero-order chi connectivity index (χ0) is 32.1. The molecule has 229 valence electrons. The van der Waals surface area contributed by atoms with Crippen LogP contribution in [0.15, 0.2) is 89.8 Å². The van der Waals surface area contributed by atoms with Crippen molar-refractivity contribution in [2.75, 3.05) is 7.11 Å². The standard InChI is InChI=1S/C39H37N2O2.C2H6/c1-6-10-25(2)37(26(3)42)32-23-34-33(22-31(32)29-15-16-29)38-35(24-40-34)41-36(21-28-13-17-30(43-5)18-14-28)39(38,4)20-19-27-11-8-7-9-12-27;1-2/h7-9,11-18,22-25,42H,19-21H2,1-5H3;1-2H3/b37-26+;. The second kappa shape index (κ2) is 13.6. The number of aliphatic hydroxyl groups excluding tert-OH is 1. The minimum Gasteiger partial charge on any atom is -0.512 e. The van der Waals surface area contributed by atoms with Gasteiger partial charge in [0, 0.05) is 46.4 Å². The van der Waals surface area contributed by atoms with Crippen molar-refractivity contribution < 1.29 is 9.84 Å². The number of hydrogen-bond acceptors (Lipinski definition) is 4. The molecule has 0 bridgehead atoms. The molecular formula is C41H43N2O2. The number of hydrogen-bond donors (Lipinski definition) is 1. The van der Waals surface area contributed by atoms with Crippen molar-refractivity contribution in [3.05, 3.63) is 119 Å². The zero-order valence-electron chi connectivity index (χ0n) is 27.5. The molecule has 3 aromatic carbocycles. The smallest absolute Gasteiger partial charge is 0.118 e. The number of aliphatic hydroxyl groups is 1. The summed E-state index contributed by atoms with van der Waals surface area (Å²) in [5.74, 6) is 7.28. The molecule has 0 saturated heterocycles. The summed E-state index contributed by atoms with van der Waals surface area (Å²) in [6, 6.07) is 23.4. The molecular weight excluding hydrogens is 552 g/mol. The van der Waals surface area contributed by atoms with Crippen LogP contribution in [0.2, 0.25) is 0 Å². The Bertz CT molecular complexity index is 1850. The van der Waals surface area contributed by atoms with Gasteiger partial charge in [0.05, 0.1) is 30.3 Å². The van der Waals surface area contributed by atoms with E-state index in [9.17, 15) is 5.11 Å². The normalized spacial score (nSPS) is 17.5. The molecule has 2 atom stereocenters. The van der Waals surface area contributed by atoms with E-state index in [1.165, 1.54) is 22.3 Å². The van der Waals surface area contributed by atoms with Gasteiger partial charge in [-0.2, -0.15) is 0 Å². The fourth-order valence-electron chi connectivity index (χ4n) is 6.50. The van der Waals surface area contributed by atoms with E-state index in [1.54, 1.807) is 14.0 Å². The summed E-state index contributed by atoms with van der Waals surface area (Å²) in [5.41, 5.74) is 10.6. The van der Waals surface area contributed by atoms with Gasteiger partial charge >= 0.3 is 0 Å². The summed E-state index contributed by atoms with van der Waals surface area (Å²) in [6.45, 7) is 12.0. The Labute approximate surface area is 268 Å². The Morgan fingerprint density at radius 3 is 2.36 bits per heavy atom. The second-order valence-electron chi connectivity index (χ2n) is 11.7. The molecule has 2 heterocycles. The highest BCUT2D eigenvalue weighted by molar-refractivity contribution is 6.09. The van der Waals surface area contributed by atoms with Crippen LogP contribution < -0.4 is 4.74 Å². The lowest BCUT2D eigenvalue weighted by Crippen LogP contribution is -2.32. The number of nitrogens with zero attached hydrogens (tertiary/aromatic N) is 2. The first-order chi connectivity index (χ1) is 21.8. The minimum atomic E-state index is -0.292. The highest BCUT2D eigenvalue weighted by Gasteiger charge is 2.41. The Morgan fingerprint density at radius 1 is 1.02 bits per heavy atom. The number of methoxy groups -OCH3 is 1. The van der Waals surface area contributed by atoms with Gasteiger partial charge in [0.1, 0.15) is 5.75 Å². The molecule has 1 aliphatic heterocycles. The lowest BCUT2D eigenvalue weighted by Gasteiger charge is -2.30. The predicted molar refractivity (Wildman–Crippen MR) is 189 cm³/mol. The van der Waals surface area contributed by atoms with Crippen LogP contribution in [0.1, 0.15) is 75.8 Å². The van der Waals surface area contributed by atoms with Crippen molar-refractivity contribution in [3.63, 3.8) is 0 Å². The van der Waals surface area contributed by atoms with E-state index in [0.29, 0.717) is 0 Å². The van der Waals surface area contributed by atoms with Gasteiger partial charge in [-0.1, -0.05) is 75.2 Å². The van der Waals surface area contributed by atoms with E-state index in [-0.39, 0.29) is 17.1 Å². The largest absolute Gasteiger partial charge is 0.512 e. The van der Waals surface area contributed by atoms with Crippen LogP contribution >= 0.6 is 0 Å². The van der Waals surface area contributed by atoms with E-state index in [0.717, 1.165) is 64.0 Å². The van der Waals surface area contributed by atoms with Crippen LogP contribution in [0.25, 0.3) is 22.0 Å². The maximum atomic E-state index is 10.8. The highest BCUT2D eigenvalue weighted by atomic mass is 16.5. The maximum Gasteiger partial charge on any atom is 0.118 e. The van der Waals surface area contributed by atoms with Gasteiger partial charge in [-0.25, -0.2) is 0 Å². The van der Waals surface area contributed by atoms with Crippen LogP contribution in [0.5, 0.6) is 5.75 Å². The monoisotopic (exact) mass is 595 g/mol. The predicted octanol–water partition coefficient (Wildman–Crippen LogP) is 10.0. The molecule has 0 fully saturated rings. The quantitative estimate of drug-likeness (QED) is 0.155. The van der Waals surface area contributed by atoms with Crippen molar-refractivity contribution in [2.45, 2.75) is 66.2 Å². The highest BCUT2D eigenvalue weighted by Crippen LogP contribution is 2.49. The van der Waals surface area contributed by atoms with Crippen molar-refractivity contribution >= 4 is 33.4 Å². The third kappa shape index (κ3) is 6.45. The molecule has 1 radical (unpaired) electrons. The number of aromatic nitrogens is 1. The van der Waals surface area contributed by atoms with Gasteiger partial charge in [0.2, 0.25) is 0 Å². The van der Waals surface area contributed by atoms with Crippen LogP contribution in [0, 0.1) is 24.2 Å². The second-order valence-corrected chi connectivity index (χ2v) is 11.7. The summed E-state index contributed by atoms with van der Waals surface area (Å²) in [5, 5.41) is 11.9. The van der Waals surface area contributed by atoms with Gasteiger partial charge in [-0.05, 0) is 85.7 Å². The molecule has 0 amide bonds. The molecule has 1 N–H and O–H groups in total. The van der Waals surface area contributed by atoms with Crippen LogP contribution in [-0.2, 0) is 18.3 Å². The van der Waals surface area contributed by atoms with Crippen molar-refractivity contribution in [3.8, 4) is 17.6 Å². The number of aryl methyl sites for hydroxylation is 1. The number of pyridine rings is 1. The first-order valence-electron chi connectivity index (χ1n) is 15.9. The van der Waals surface area contributed by atoms with Gasteiger partial charge in [0.15, 0.2) is 0 Å². The van der Waals surface area contributed by atoms with Gasteiger partial charge in [-0.15, -0.1) is 5.92 Å². The summed E-state index contributed by atoms with van der Waals surface area (Å²) < 4.78 is 5.40. The van der Waals surface area contributed by atoms with Gasteiger partial charge in [-0.3, -0.25) is 9.98 Å². The van der Waals surface area contributed by atoms with Crippen molar-refractivity contribution in [1.29, 1.82) is 0 Å². The number of rotatable bonds is 9. The summed E-state index contributed by atoms with van der Waals surface area (Å²) in [7, 11) is 1.69. The minimum absolute atomic E-state index is 0.115. The number of benzene rings is 3. The maximum absolute atomic E-state index is 10.8. The third-order valence-corrected chi connectivity index (χ3v) is 8.84. The number of ether oxygens (including phenoxy) is 1. The van der Waals surface area contributed by atoms with Crippen molar-refractivity contribution in [1.82, 2.24) is 4.98 Å². The van der Waals surface area contributed by atoms with Crippen molar-refractivity contribution in [2.24, 2.45) is 10.9 Å². The SMILES string of the molecule is CC.CC#CC(C)/C(=C(/C)O)c1cc2ncc3c(c2cc1C1=C[CH]1)C(C)(CCc1ccccc1)C(Cc1ccc(OC)cc1)=N3. The zero-order valence-corrected chi connectivity index (χ0v) is 27.5. The third-order valence-electron chi connectivity index (χ3n) is 8.84. The molecule has 1 aromatic heterocycles. The molecule has 0 saturated carbocycles. The average Bonchev–Trinajstić information content (AvgIpc) is 3.86. The molecule has 45 heavy (non-hydrogen) atoms. The van der Waals surface area contributed by atoms with Crippen LogP contribution in [0.4, 0.5) is 5.69 Å². The number of fused-ring (bicyclic) bond motifs is 3. The molecule has 1 aliphatic carbocycles. The first-order valence-corrected chi connectivity index (χ1v) is 15.9. The molecule has 4 heteroatoms.